The average molecular weight is 325 g/mol. The van der Waals surface area contributed by atoms with Crippen LogP contribution in [0, 0.1) is 6.92 Å². The molecule has 1 aromatic heterocycles. The maximum absolute atomic E-state index is 10.4. The first-order chi connectivity index (χ1) is 10.6. The van der Waals surface area contributed by atoms with Gasteiger partial charge in [0.1, 0.15) is 0 Å². The molecule has 1 fully saturated rings. The highest BCUT2D eigenvalue weighted by Crippen LogP contribution is 2.37. The molecule has 1 saturated heterocycles. The van der Waals surface area contributed by atoms with Crippen LogP contribution in [0.5, 0.6) is 0 Å². The van der Waals surface area contributed by atoms with Crippen LogP contribution < -0.4 is 0 Å². The molecular formula is C16H27N3O2S. The van der Waals surface area contributed by atoms with Crippen LogP contribution in [0.1, 0.15) is 34.5 Å². The number of aliphatic hydroxyl groups excluding tert-OH is 1. The highest BCUT2D eigenvalue weighted by Gasteiger charge is 2.28. The fraction of sp³-hybridized carbons (Fsp3) is 0.812. The summed E-state index contributed by atoms with van der Waals surface area (Å²) in [5.74, 6) is 0. The van der Waals surface area contributed by atoms with Crippen molar-refractivity contribution in [2.75, 3.05) is 46.4 Å². The zero-order chi connectivity index (χ0) is 15.5. The Morgan fingerprint density at radius 1 is 1.45 bits per heavy atom. The SMILES string of the molecule is Cc1nc2c(s1)C(N(C)CC(O)CN1CCOCC1)CCC2. The van der Waals surface area contributed by atoms with E-state index in [0.29, 0.717) is 6.04 Å². The maximum atomic E-state index is 10.4. The minimum Gasteiger partial charge on any atom is -0.390 e. The lowest BCUT2D eigenvalue weighted by Crippen LogP contribution is -2.44. The third-order valence-electron chi connectivity index (χ3n) is 4.63. The lowest BCUT2D eigenvalue weighted by Gasteiger charge is -2.34. The Morgan fingerprint density at radius 3 is 3.00 bits per heavy atom. The normalized spacial score (nSPS) is 24.5. The molecule has 0 saturated carbocycles. The molecule has 0 spiro atoms. The number of aliphatic hydroxyl groups is 1. The van der Waals surface area contributed by atoms with Crippen LogP contribution >= 0.6 is 11.3 Å². The van der Waals surface area contributed by atoms with Gasteiger partial charge in [-0.05, 0) is 33.2 Å². The molecule has 1 aliphatic heterocycles. The number of hydrogen-bond donors (Lipinski definition) is 1. The molecule has 3 rings (SSSR count). The van der Waals surface area contributed by atoms with Crippen LogP contribution in [0.15, 0.2) is 0 Å². The Labute approximate surface area is 136 Å². The summed E-state index contributed by atoms with van der Waals surface area (Å²) in [7, 11) is 2.14. The fourth-order valence-corrected chi connectivity index (χ4v) is 4.71. The van der Waals surface area contributed by atoms with Gasteiger partial charge in [-0.15, -0.1) is 11.3 Å². The van der Waals surface area contributed by atoms with Gasteiger partial charge in [0.05, 0.1) is 30.0 Å². The van der Waals surface area contributed by atoms with Crippen LogP contribution in [-0.4, -0.2) is 72.4 Å². The molecule has 2 unspecified atom stereocenters. The van der Waals surface area contributed by atoms with Crippen molar-refractivity contribution in [1.82, 2.24) is 14.8 Å². The van der Waals surface area contributed by atoms with Gasteiger partial charge in [0, 0.05) is 37.1 Å². The Balaban J connectivity index is 1.56. The Hall–Kier alpha value is -0.530. The van der Waals surface area contributed by atoms with Crippen molar-refractivity contribution in [3.63, 3.8) is 0 Å². The number of likely N-dealkylation sites (N-methyl/N-ethyl adjacent to an activating group) is 1. The number of aryl methyl sites for hydroxylation is 2. The van der Waals surface area contributed by atoms with Crippen molar-refractivity contribution in [1.29, 1.82) is 0 Å². The molecule has 2 atom stereocenters. The third kappa shape index (κ3) is 3.86. The van der Waals surface area contributed by atoms with Crippen molar-refractivity contribution in [2.45, 2.75) is 38.3 Å². The second-order valence-electron chi connectivity index (χ2n) is 6.46. The lowest BCUT2D eigenvalue weighted by molar-refractivity contribution is 0.00519. The van der Waals surface area contributed by atoms with E-state index < -0.39 is 0 Å². The molecule has 124 valence electrons. The number of aromatic nitrogens is 1. The van der Waals surface area contributed by atoms with Crippen molar-refractivity contribution in [3.05, 3.63) is 15.6 Å². The number of rotatable bonds is 5. The second kappa shape index (κ2) is 7.36. The highest BCUT2D eigenvalue weighted by atomic mass is 32.1. The summed E-state index contributed by atoms with van der Waals surface area (Å²) >= 11 is 1.83. The van der Waals surface area contributed by atoms with E-state index in [4.69, 9.17) is 4.74 Å². The van der Waals surface area contributed by atoms with E-state index in [2.05, 4.69) is 28.8 Å². The average Bonchev–Trinajstić information content (AvgIpc) is 2.87. The standard InChI is InChI=1S/C16H27N3O2S/c1-12-17-14-4-3-5-15(16(14)22-12)18(2)10-13(20)11-19-6-8-21-9-7-19/h13,15,20H,3-11H2,1-2H3. The van der Waals surface area contributed by atoms with E-state index in [1.54, 1.807) is 0 Å². The summed E-state index contributed by atoms with van der Waals surface area (Å²) in [6.07, 6.45) is 3.18. The first-order valence-corrected chi connectivity index (χ1v) is 9.09. The smallest absolute Gasteiger partial charge is 0.0900 e. The molecule has 1 N–H and O–H groups in total. The van der Waals surface area contributed by atoms with Crippen LogP contribution in [0.25, 0.3) is 0 Å². The van der Waals surface area contributed by atoms with E-state index in [9.17, 15) is 5.11 Å². The Morgan fingerprint density at radius 2 is 2.23 bits per heavy atom. The topological polar surface area (TPSA) is 48.8 Å². The molecular weight excluding hydrogens is 298 g/mol. The van der Waals surface area contributed by atoms with Gasteiger partial charge in [0.2, 0.25) is 0 Å². The number of ether oxygens (including phenoxy) is 1. The lowest BCUT2D eigenvalue weighted by atomic mass is 9.97. The number of thiazole rings is 1. The summed E-state index contributed by atoms with van der Waals surface area (Å²) in [6, 6.07) is 0.425. The van der Waals surface area contributed by atoms with Gasteiger partial charge in [-0.1, -0.05) is 0 Å². The molecule has 22 heavy (non-hydrogen) atoms. The zero-order valence-corrected chi connectivity index (χ0v) is 14.4. The van der Waals surface area contributed by atoms with Gasteiger partial charge in [-0.3, -0.25) is 9.80 Å². The quantitative estimate of drug-likeness (QED) is 0.888. The predicted molar refractivity (Wildman–Crippen MR) is 88.4 cm³/mol. The number of hydrogen-bond acceptors (Lipinski definition) is 6. The zero-order valence-electron chi connectivity index (χ0n) is 13.6. The van der Waals surface area contributed by atoms with Crippen molar-refractivity contribution < 1.29 is 9.84 Å². The van der Waals surface area contributed by atoms with E-state index in [1.165, 1.54) is 28.4 Å². The van der Waals surface area contributed by atoms with E-state index >= 15 is 0 Å². The summed E-state index contributed by atoms with van der Waals surface area (Å²) in [4.78, 5) is 10.7. The van der Waals surface area contributed by atoms with Crippen molar-refractivity contribution >= 4 is 11.3 Å². The van der Waals surface area contributed by atoms with Gasteiger partial charge in [0.25, 0.3) is 0 Å². The second-order valence-corrected chi connectivity index (χ2v) is 7.69. The van der Waals surface area contributed by atoms with Gasteiger partial charge in [0.15, 0.2) is 0 Å². The molecule has 6 heteroatoms. The highest BCUT2D eigenvalue weighted by molar-refractivity contribution is 7.11. The molecule has 1 aromatic rings. The first-order valence-electron chi connectivity index (χ1n) is 8.28. The number of morpholine rings is 1. The van der Waals surface area contributed by atoms with Crippen molar-refractivity contribution in [3.8, 4) is 0 Å². The van der Waals surface area contributed by atoms with Gasteiger partial charge >= 0.3 is 0 Å². The Kier molecular flexibility index (Phi) is 5.46. The minimum atomic E-state index is -0.303. The number of fused-ring (bicyclic) bond motifs is 1. The van der Waals surface area contributed by atoms with Gasteiger partial charge in [-0.25, -0.2) is 4.98 Å². The van der Waals surface area contributed by atoms with Gasteiger partial charge in [-0.2, -0.15) is 0 Å². The van der Waals surface area contributed by atoms with E-state index in [-0.39, 0.29) is 6.10 Å². The molecule has 0 aromatic carbocycles. The van der Waals surface area contributed by atoms with Crippen LogP contribution in [0.2, 0.25) is 0 Å². The van der Waals surface area contributed by atoms with Gasteiger partial charge < -0.3 is 9.84 Å². The van der Waals surface area contributed by atoms with Crippen molar-refractivity contribution in [2.24, 2.45) is 0 Å². The molecule has 2 heterocycles. The van der Waals surface area contributed by atoms with E-state index in [0.717, 1.165) is 45.8 Å². The number of β-amino-alcohol motifs (C(OH)–C–C–N with tert-alkyl or cyclic N) is 1. The molecule has 0 radical (unpaired) electrons. The number of nitrogens with zero attached hydrogens (tertiary/aromatic N) is 3. The largest absolute Gasteiger partial charge is 0.390 e. The molecule has 0 bridgehead atoms. The molecule has 5 nitrogen and oxygen atoms in total. The Bertz CT molecular complexity index is 488. The van der Waals surface area contributed by atoms with Crippen LogP contribution in [0.4, 0.5) is 0 Å². The monoisotopic (exact) mass is 325 g/mol. The van der Waals surface area contributed by atoms with Crippen LogP contribution in [0.3, 0.4) is 0 Å². The summed E-state index contributed by atoms with van der Waals surface area (Å²) in [5, 5.41) is 11.6. The summed E-state index contributed by atoms with van der Waals surface area (Å²) in [5.41, 5.74) is 1.29. The summed E-state index contributed by atoms with van der Waals surface area (Å²) in [6.45, 7) is 6.99. The first kappa shape index (κ1) is 16.3. The maximum Gasteiger partial charge on any atom is 0.0900 e. The third-order valence-corrected chi connectivity index (χ3v) is 5.75. The van der Waals surface area contributed by atoms with E-state index in [1.807, 2.05) is 11.3 Å². The molecule has 2 aliphatic rings. The minimum absolute atomic E-state index is 0.303. The van der Waals surface area contributed by atoms with Crippen LogP contribution in [-0.2, 0) is 11.2 Å². The predicted octanol–water partition coefficient (Wildman–Crippen LogP) is 1.45. The molecule has 0 amide bonds. The summed E-state index contributed by atoms with van der Waals surface area (Å²) < 4.78 is 5.36. The fourth-order valence-electron chi connectivity index (χ4n) is 3.54. The molecule has 1 aliphatic carbocycles.